The smallest absolute Gasteiger partial charge is 0.222 e. The van der Waals surface area contributed by atoms with Crippen molar-refractivity contribution in [2.24, 2.45) is 0 Å². The van der Waals surface area contributed by atoms with Crippen LogP contribution in [0, 0.1) is 6.92 Å². The molecule has 0 bridgehead atoms. The highest BCUT2D eigenvalue weighted by atomic mass is 16.5. The van der Waals surface area contributed by atoms with Crippen molar-refractivity contribution < 1.29 is 14.3 Å². The summed E-state index contributed by atoms with van der Waals surface area (Å²) in [4.78, 5) is 13.8. The average Bonchev–Trinajstić information content (AvgIpc) is 2.45. The Balaban J connectivity index is 2.22. The number of rotatable bonds is 4. The Morgan fingerprint density at radius 3 is 2.47 bits per heavy atom. The third-order valence-corrected chi connectivity index (χ3v) is 3.46. The summed E-state index contributed by atoms with van der Waals surface area (Å²) in [7, 11) is 3.26. The van der Waals surface area contributed by atoms with Gasteiger partial charge in [-0.1, -0.05) is 6.92 Å². The van der Waals surface area contributed by atoms with Crippen LogP contribution in [0.3, 0.4) is 0 Å². The van der Waals surface area contributed by atoms with Crippen molar-refractivity contribution in [1.82, 2.24) is 4.90 Å². The number of amides is 1. The molecule has 1 aromatic carbocycles. The Kier molecular flexibility index (Phi) is 4.30. The van der Waals surface area contributed by atoms with E-state index in [1.807, 2.05) is 17.0 Å². The molecule has 1 radical (unpaired) electrons. The lowest BCUT2D eigenvalue weighted by molar-refractivity contribution is -0.132. The maximum Gasteiger partial charge on any atom is 0.222 e. The van der Waals surface area contributed by atoms with Gasteiger partial charge < -0.3 is 14.4 Å². The molecule has 0 unspecified atom stereocenters. The zero-order chi connectivity index (χ0) is 13.8. The van der Waals surface area contributed by atoms with Gasteiger partial charge in [0.25, 0.3) is 0 Å². The first-order valence-corrected chi connectivity index (χ1v) is 6.50. The van der Waals surface area contributed by atoms with E-state index in [-0.39, 0.29) is 5.91 Å². The third kappa shape index (κ3) is 2.83. The topological polar surface area (TPSA) is 38.8 Å². The van der Waals surface area contributed by atoms with Crippen LogP contribution in [0.15, 0.2) is 12.1 Å². The van der Waals surface area contributed by atoms with Crippen LogP contribution in [-0.2, 0) is 17.8 Å². The highest BCUT2D eigenvalue weighted by Crippen LogP contribution is 2.33. The van der Waals surface area contributed by atoms with Gasteiger partial charge in [-0.25, -0.2) is 0 Å². The number of fused-ring (bicyclic) bond motifs is 1. The molecule has 103 valence electrons. The first kappa shape index (κ1) is 13.7. The minimum Gasteiger partial charge on any atom is -0.493 e. The first-order chi connectivity index (χ1) is 9.19. The highest BCUT2D eigenvalue weighted by molar-refractivity contribution is 5.76. The average molecular weight is 262 g/mol. The summed E-state index contributed by atoms with van der Waals surface area (Å²) in [5.41, 5.74) is 2.37. The SMILES string of the molecule is [CH2]CCC(=O)N1CCc2cc(OC)c(OC)cc2C1. The number of benzene rings is 1. The minimum absolute atomic E-state index is 0.176. The van der Waals surface area contributed by atoms with Crippen molar-refractivity contribution in [3.63, 3.8) is 0 Å². The van der Waals surface area contributed by atoms with Crippen LogP contribution in [-0.4, -0.2) is 31.6 Å². The molecule has 0 spiro atoms. The zero-order valence-corrected chi connectivity index (χ0v) is 11.6. The van der Waals surface area contributed by atoms with Gasteiger partial charge in [-0.05, 0) is 36.1 Å². The largest absolute Gasteiger partial charge is 0.493 e. The molecule has 1 aromatic rings. The van der Waals surface area contributed by atoms with Gasteiger partial charge in [0.1, 0.15) is 0 Å². The predicted octanol–water partition coefficient (Wildman–Crippen LogP) is 2.20. The molecular weight excluding hydrogens is 242 g/mol. The Hall–Kier alpha value is -1.71. The Bertz CT molecular complexity index is 471. The van der Waals surface area contributed by atoms with Crippen molar-refractivity contribution in [3.05, 3.63) is 30.2 Å². The molecule has 1 aliphatic heterocycles. The lowest BCUT2D eigenvalue weighted by Crippen LogP contribution is -2.35. The number of carbonyl (C=O) groups excluding carboxylic acids is 1. The second-order valence-corrected chi connectivity index (χ2v) is 4.64. The molecule has 4 heteroatoms. The summed E-state index contributed by atoms with van der Waals surface area (Å²) >= 11 is 0. The molecule has 0 saturated carbocycles. The van der Waals surface area contributed by atoms with Gasteiger partial charge in [-0.3, -0.25) is 4.79 Å². The predicted molar refractivity (Wildman–Crippen MR) is 73.3 cm³/mol. The number of hydrogen-bond acceptors (Lipinski definition) is 3. The van der Waals surface area contributed by atoms with Crippen LogP contribution >= 0.6 is 0 Å². The van der Waals surface area contributed by atoms with Crippen LogP contribution in [0.1, 0.15) is 24.0 Å². The van der Waals surface area contributed by atoms with Crippen molar-refractivity contribution >= 4 is 5.91 Å². The number of carbonyl (C=O) groups is 1. The van der Waals surface area contributed by atoms with E-state index in [0.717, 1.165) is 24.3 Å². The summed E-state index contributed by atoms with van der Waals surface area (Å²) < 4.78 is 10.6. The van der Waals surface area contributed by atoms with E-state index in [0.29, 0.717) is 25.1 Å². The molecule has 0 atom stereocenters. The molecule has 1 aliphatic rings. The second-order valence-electron chi connectivity index (χ2n) is 4.64. The van der Waals surface area contributed by atoms with E-state index in [9.17, 15) is 4.79 Å². The summed E-state index contributed by atoms with van der Waals surface area (Å²) in [6, 6.07) is 3.98. The monoisotopic (exact) mass is 262 g/mol. The van der Waals surface area contributed by atoms with Gasteiger partial charge in [0, 0.05) is 19.5 Å². The molecule has 0 saturated heterocycles. The number of hydrogen-bond donors (Lipinski definition) is 0. The normalized spacial score (nSPS) is 13.9. The summed E-state index contributed by atoms with van der Waals surface area (Å²) in [5.74, 6) is 1.64. The fourth-order valence-corrected chi connectivity index (χ4v) is 2.41. The standard InChI is InChI=1S/C15H20NO3/c1-4-5-15(17)16-7-6-11-8-13(18-2)14(19-3)9-12(11)10-16/h8-9H,1,4-7,10H2,2-3H3. The van der Waals surface area contributed by atoms with Crippen LogP contribution in [0.5, 0.6) is 11.5 Å². The van der Waals surface area contributed by atoms with E-state index in [2.05, 4.69) is 6.92 Å². The highest BCUT2D eigenvalue weighted by Gasteiger charge is 2.22. The van der Waals surface area contributed by atoms with Crippen LogP contribution in [0.2, 0.25) is 0 Å². The van der Waals surface area contributed by atoms with Gasteiger partial charge in [0.2, 0.25) is 5.91 Å². The van der Waals surface area contributed by atoms with E-state index < -0.39 is 0 Å². The molecular formula is C15H20NO3. The van der Waals surface area contributed by atoms with E-state index in [1.165, 1.54) is 5.56 Å². The molecule has 1 heterocycles. The maximum absolute atomic E-state index is 11.9. The summed E-state index contributed by atoms with van der Waals surface area (Å²) in [6.45, 7) is 5.14. The van der Waals surface area contributed by atoms with Crippen molar-refractivity contribution in [2.45, 2.75) is 25.8 Å². The summed E-state index contributed by atoms with van der Waals surface area (Å²) in [6.07, 6.45) is 2.02. The van der Waals surface area contributed by atoms with Crippen molar-refractivity contribution in [1.29, 1.82) is 0 Å². The number of ether oxygens (including phenoxy) is 2. The molecule has 0 aliphatic carbocycles. The molecule has 0 fully saturated rings. The molecule has 4 nitrogen and oxygen atoms in total. The van der Waals surface area contributed by atoms with E-state index >= 15 is 0 Å². The van der Waals surface area contributed by atoms with E-state index in [4.69, 9.17) is 9.47 Å². The van der Waals surface area contributed by atoms with Crippen LogP contribution in [0.4, 0.5) is 0 Å². The number of methoxy groups -OCH3 is 2. The molecule has 0 aromatic heterocycles. The van der Waals surface area contributed by atoms with Crippen molar-refractivity contribution in [3.8, 4) is 11.5 Å². The maximum atomic E-state index is 11.9. The van der Waals surface area contributed by atoms with Gasteiger partial charge in [-0.15, -0.1) is 0 Å². The Morgan fingerprint density at radius 1 is 1.26 bits per heavy atom. The minimum atomic E-state index is 0.176. The lowest BCUT2D eigenvalue weighted by atomic mass is 9.98. The lowest BCUT2D eigenvalue weighted by Gasteiger charge is -2.29. The fraction of sp³-hybridized carbons (Fsp3) is 0.467. The van der Waals surface area contributed by atoms with Gasteiger partial charge in [0.05, 0.1) is 14.2 Å². The van der Waals surface area contributed by atoms with Gasteiger partial charge in [0.15, 0.2) is 11.5 Å². The van der Waals surface area contributed by atoms with E-state index in [1.54, 1.807) is 14.2 Å². The Morgan fingerprint density at radius 2 is 1.89 bits per heavy atom. The van der Waals surface area contributed by atoms with Gasteiger partial charge in [-0.2, -0.15) is 0 Å². The van der Waals surface area contributed by atoms with Crippen LogP contribution < -0.4 is 9.47 Å². The molecule has 1 amide bonds. The molecule has 0 N–H and O–H groups in total. The molecule has 2 rings (SSSR count). The third-order valence-electron chi connectivity index (χ3n) is 3.46. The fourth-order valence-electron chi connectivity index (χ4n) is 2.41. The van der Waals surface area contributed by atoms with Crippen LogP contribution in [0.25, 0.3) is 0 Å². The molecule has 19 heavy (non-hydrogen) atoms. The zero-order valence-electron chi connectivity index (χ0n) is 11.6. The van der Waals surface area contributed by atoms with Crippen molar-refractivity contribution in [2.75, 3.05) is 20.8 Å². The second kappa shape index (κ2) is 5.95. The number of nitrogens with zero attached hydrogens (tertiary/aromatic N) is 1. The summed E-state index contributed by atoms with van der Waals surface area (Å²) in [5, 5.41) is 0. The Labute approximate surface area is 114 Å². The first-order valence-electron chi connectivity index (χ1n) is 6.50. The quantitative estimate of drug-likeness (QED) is 0.835. The van der Waals surface area contributed by atoms with Gasteiger partial charge >= 0.3 is 0 Å².